The normalized spacial score (nSPS) is 11.9. The zero-order chi connectivity index (χ0) is 12.6. The van der Waals surface area contributed by atoms with Crippen LogP contribution in [0.1, 0.15) is 39.5 Å². The highest BCUT2D eigenvalue weighted by molar-refractivity contribution is 5.82. The van der Waals surface area contributed by atoms with Gasteiger partial charge in [0.2, 0.25) is 0 Å². The Hall–Kier alpha value is -1.26. The molecule has 0 aliphatic carbocycles. The fourth-order valence-electron chi connectivity index (χ4n) is 1.30. The SMILES string of the molecule is CCCCN(C)C(=O)NC(CCC)C(=O)O. The number of carboxylic acid groups (broad SMARTS) is 1. The third-order valence-corrected chi connectivity index (χ3v) is 2.37. The fraction of sp³-hybridized carbons (Fsp3) is 0.818. The topological polar surface area (TPSA) is 69.6 Å². The third-order valence-electron chi connectivity index (χ3n) is 2.37. The number of hydrogen-bond donors (Lipinski definition) is 2. The number of carbonyl (C=O) groups excluding carboxylic acids is 1. The Morgan fingerprint density at radius 1 is 1.31 bits per heavy atom. The molecular weight excluding hydrogens is 208 g/mol. The number of nitrogens with zero attached hydrogens (tertiary/aromatic N) is 1. The van der Waals surface area contributed by atoms with Crippen LogP contribution in [-0.4, -0.2) is 41.6 Å². The molecule has 0 aliphatic heterocycles. The van der Waals surface area contributed by atoms with Crippen LogP contribution in [0.2, 0.25) is 0 Å². The van der Waals surface area contributed by atoms with Gasteiger partial charge in [0, 0.05) is 13.6 Å². The fourth-order valence-corrected chi connectivity index (χ4v) is 1.30. The number of nitrogens with one attached hydrogen (secondary N) is 1. The summed E-state index contributed by atoms with van der Waals surface area (Å²) < 4.78 is 0. The second-order valence-electron chi connectivity index (χ2n) is 3.90. The van der Waals surface area contributed by atoms with Crippen LogP contribution < -0.4 is 5.32 Å². The molecule has 1 unspecified atom stereocenters. The highest BCUT2D eigenvalue weighted by Crippen LogP contribution is 1.99. The Morgan fingerprint density at radius 3 is 2.38 bits per heavy atom. The molecule has 2 N–H and O–H groups in total. The molecule has 0 aromatic carbocycles. The first-order valence-electron chi connectivity index (χ1n) is 5.77. The Kier molecular flexibility index (Phi) is 7.33. The number of aliphatic carboxylic acids is 1. The molecule has 16 heavy (non-hydrogen) atoms. The van der Waals surface area contributed by atoms with E-state index in [4.69, 9.17) is 5.11 Å². The van der Waals surface area contributed by atoms with E-state index in [0.717, 1.165) is 19.3 Å². The van der Waals surface area contributed by atoms with Gasteiger partial charge in [-0.25, -0.2) is 9.59 Å². The number of rotatable bonds is 7. The van der Waals surface area contributed by atoms with Crippen molar-refractivity contribution < 1.29 is 14.7 Å². The number of carboxylic acids is 1. The summed E-state index contributed by atoms with van der Waals surface area (Å²) in [6.45, 7) is 4.59. The van der Waals surface area contributed by atoms with Gasteiger partial charge in [-0.1, -0.05) is 26.7 Å². The molecule has 0 saturated carbocycles. The van der Waals surface area contributed by atoms with Gasteiger partial charge in [-0.3, -0.25) is 0 Å². The molecule has 1 atom stereocenters. The first-order valence-corrected chi connectivity index (χ1v) is 5.77. The average Bonchev–Trinajstić information content (AvgIpc) is 2.24. The molecule has 0 bridgehead atoms. The van der Waals surface area contributed by atoms with Gasteiger partial charge in [-0.15, -0.1) is 0 Å². The molecule has 0 aromatic heterocycles. The highest BCUT2D eigenvalue weighted by Gasteiger charge is 2.20. The predicted molar refractivity (Wildman–Crippen MR) is 62.4 cm³/mol. The third kappa shape index (κ3) is 5.58. The number of unbranched alkanes of at least 4 members (excludes halogenated alkanes) is 1. The summed E-state index contributed by atoms with van der Waals surface area (Å²) in [5.74, 6) is -0.973. The zero-order valence-corrected chi connectivity index (χ0v) is 10.3. The smallest absolute Gasteiger partial charge is 0.326 e. The molecule has 0 spiro atoms. The van der Waals surface area contributed by atoms with Crippen molar-refractivity contribution in [2.45, 2.75) is 45.6 Å². The number of hydrogen-bond acceptors (Lipinski definition) is 2. The van der Waals surface area contributed by atoms with Gasteiger partial charge < -0.3 is 15.3 Å². The average molecular weight is 230 g/mol. The molecule has 0 fully saturated rings. The van der Waals surface area contributed by atoms with E-state index in [-0.39, 0.29) is 6.03 Å². The van der Waals surface area contributed by atoms with Crippen molar-refractivity contribution in [3.63, 3.8) is 0 Å². The lowest BCUT2D eigenvalue weighted by Crippen LogP contribution is -2.46. The van der Waals surface area contributed by atoms with Crippen molar-refractivity contribution in [2.24, 2.45) is 0 Å². The van der Waals surface area contributed by atoms with E-state index in [1.54, 1.807) is 7.05 Å². The summed E-state index contributed by atoms with van der Waals surface area (Å²) in [5.41, 5.74) is 0. The second-order valence-corrected chi connectivity index (χ2v) is 3.90. The van der Waals surface area contributed by atoms with Gasteiger partial charge in [0.1, 0.15) is 6.04 Å². The standard InChI is InChI=1S/C11H22N2O3/c1-4-6-8-13(3)11(16)12-9(7-5-2)10(14)15/h9H,4-8H2,1-3H3,(H,12,16)(H,14,15). The van der Waals surface area contributed by atoms with Crippen LogP contribution in [-0.2, 0) is 4.79 Å². The molecule has 0 rings (SSSR count). The molecule has 0 heterocycles. The zero-order valence-electron chi connectivity index (χ0n) is 10.3. The maximum atomic E-state index is 11.6. The van der Waals surface area contributed by atoms with Crippen LogP contribution in [0.5, 0.6) is 0 Å². The van der Waals surface area contributed by atoms with E-state index in [1.165, 1.54) is 4.90 Å². The van der Waals surface area contributed by atoms with Crippen LogP contribution in [0.15, 0.2) is 0 Å². The lowest BCUT2D eigenvalue weighted by atomic mass is 10.2. The molecule has 5 nitrogen and oxygen atoms in total. The van der Waals surface area contributed by atoms with Crippen LogP contribution in [0, 0.1) is 0 Å². The number of urea groups is 1. The first kappa shape index (κ1) is 14.7. The molecule has 0 saturated heterocycles. The summed E-state index contributed by atoms with van der Waals surface area (Å²) in [6.07, 6.45) is 3.13. The van der Waals surface area contributed by atoms with Gasteiger partial charge >= 0.3 is 12.0 Å². The van der Waals surface area contributed by atoms with Gasteiger partial charge in [0.05, 0.1) is 0 Å². The van der Waals surface area contributed by atoms with Crippen molar-refractivity contribution in [3.8, 4) is 0 Å². The molecule has 0 aromatic rings. The molecule has 2 amide bonds. The van der Waals surface area contributed by atoms with E-state index in [1.807, 2.05) is 13.8 Å². The Balaban J connectivity index is 4.12. The van der Waals surface area contributed by atoms with E-state index < -0.39 is 12.0 Å². The number of carbonyl (C=O) groups is 2. The molecule has 0 aliphatic rings. The van der Waals surface area contributed by atoms with E-state index >= 15 is 0 Å². The van der Waals surface area contributed by atoms with Gasteiger partial charge in [-0.05, 0) is 12.8 Å². The van der Waals surface area contributed by atoms with Crippen molar-refractivity contribution >= 4 is 12.0 Å². The summed E-state index contributed by atoms with van der Waals surface area (Å²) in [6, 6.07) is -1.09. The summed E-state index contributed by atoms with van der Waals surface area (Å²) in [4.78, 5) is 23.9. The lowest BCUT2D eigenvalue weighted by molar-refractivity contribution is -0.139. The lowest BCUT2D eigenvalue weighted by Gasteiger charge is -2.20. The van der Waals surface area contributed by atoms with Gasteiger partial charge in [0.15, 0.2) is 0 Å². The van der Waals surface area contributed by atoms with Crippen molar-refractivity contribution in [1.82, 2.24) is 10.2 Å². The minimum Gasteiger partial charge on any atom is -0.480 e. The van der Waals surface area contributed by atoms with Gasteiger partial charge in [0.25, 0.3) is 0 Å². The summed E-state index contributed by atoms with van der Waals surface area (Å²) in [7, 11) is 1.68. The van der Waals surface area contributed by atoms with Gasteiger partial charge in [-0.2, -0.15) is 0 Å². The Morgan fingerprint density at radius 2 is 1.94 bits per heavy atom. The summed E-state index contributed by atoms with van der Waals surface area (Å²) >= 11 is 0. The van der Waals surface area contributed by atoms with Crippen molar-refractivity contribution in [2.75, 3.05) is 13.6 Å². The maximum absolute atomic E-state index is 11.6. The molecule has 5 heteroatoms. The van der Waals surface area contributed by atoms with Crippen molar-refractivity contribution in [3.05, 3.63) is 0 Å². The van der Waals surface area contributed by atoms with Crippen LogP contribution >= 0.6 is 0 Å². The van der Waals surface area contributed by atoms with Crippen molar-refractivity contribution in [1.29, 1.82) is 0 Å². The van der Waals surface area contributed by atoms with E-state index in [2.05, 4.69) is 5.32 Å². The summed E-state index contributed by atoms with van der Waals surface area (Å²) in [5, 5.41) is 11.4. The highest BCUT2D eigenvalue weighted by atomic mass is 16.4. The molecule has 94 valence electrons. The first-order chi connectivity index (χ1) is 7.52. The monoisotopic (exact) mass is 230 g/mol. The minimum atomic E-state index is -0.973. The minimum absolute atomic E-state index is 0.311. The largest absolute Gasteiger partial charge is 0.480 e. The number of amides is 2. The quantitative estimate of drug-likeness (QED) is 0.699. The Labute approximate surface area is 96.8 Å². The maximum Gasteiger partial charge on any atom is 0.326 e. The predicted octanol–water partition coefficient (Wildman–Crippen LogP) is 1.68. The Bertz CT molecular complexity index is 231. The second kappa shape index (κ2) is 7.96. The van der Waals surface area contributed by atoms with Crippen LogP contribution in [0.3, 0.4) is 0 Å². The van der Waals surface area contributed by atoms with Crippen LogP contribution in [0.4, 0.5) is 4.79 Å². The van der Waals surface area contributed by atoms with E-state index in [9.17, 15) is 9.59 Å². The van der Waals surface area contributed by atoms with Crippen LogP contribution in [0.25, 0.3) is 0 Å². The molecular formula is C11H22N2O3. The molecule has 0 radical (unpaired) electrons. The van der Waals surface area contributed by atoms with E-state index in [0.29, 0.717) is 13.0 Å².